The van der Waals surface area contributed by atoms with Crippen molar-refractivity contribution in [1.82, 2.24) is 5.32 Å². The Morgan fingerprint density at radius 1 is 1.26 bits per heavy atom. The summed E-state index contributed by atoms with van der Waals surface area (Å²) in [6, 6.07) is 8.58. The van der Waals surface area contributed by atoms with E-state index in [1.54, 1.807) is 17.5 Å². The highest BCUT2D eigenvalue weighted by Crippen LogP contribution is 2.32. The van der Waals surface area contributed by atoms with Crippen molar-refractivity contribution in [3.63, 3.8) is 0 Å². The maximum Gasteiger partial charge on any atom is 0.223 e. The van der Waals surface area contributed by atoms with Crippen LogP contribution in [0.25, 0.3) is 0 Å². The highest BCUT2D eigenvalue weighted by Gasteiger charge is 2.33. The van der Waals surface area contributed by atoms with Crippen molar-refractivity contribution in [3.8, 4) is 0 Å². The lowest BCUT2D eigenvalue weighted by Gasteiger charge is -2.18. The molecule has 0 bridgehead atoms. The van der Waals surface area contributed by atoms with Crippen LogP contribution in [-0.2, 0) is 14.6 Å². The van der Waals surface area contributed by atoms with Crippen molar-refractivity contribution in [2.45, 2.75) is 22.3 Å². The van der Waals surface area contributed by atoms with Crippen LogP contribution in [0.2, 0.25) is 0 Å². The number of halogens is 1. The van der Waals surface area contributed by atoms with Crippen LogP contribution in [0.3, 0.4) is 0 Å². The van der Waals surface area contributed by atoms with Gasteiger partial charge in [0.1, 0.15) is 15.3 Å². The fraction of sp³-hybridized carbons (Fsp3) is 0.312. The first-order valence-corrected chi connectivity index (χ1v) is 9.71. The Bertz CT molecular complexity index is 781. The van der Waals surface area contributed by atoms with E-state index in [1.165, 1.54) is 24.3 Å². The predicted octanol–water partition coefficient (Wildman–Crippen LogP) is 2.93. The van der Waals surface area contributed by atoms with Gasteiger partial charge in [-0.25, -0.2) is 12.8 Å². The lowest BCUT2D eigenvalue weighted by molar-refractivity contribution is -0.122. The second-order valence-electron chi connectivity index (χ2n) is 5.54. The van der Waals surface area contributed by atoms with Gasteiger partial charge >= 0.3 is 0 Å². The zero-order valence-electron chi connectivity index (χ0n) is 12.2. The Labute approximate surface area is 138 Å². The minimum absolute atomic E-state index is 0.00769. The monoisotopic (exact) mass is 353 g/mol. The molecule has 122 valence electrons. The van der Waals surface area contributed by atoms with Crippen molar-refractivity contribution < 1.29 is 17.6 Å². The number of nitrogens with one attached hydrogen (secondary N) is 1. The Kier molecular flexibility index (Phi) is 4.50. The van der Waals surface area contributed by atoms with E-state index in [0.717, 1.165) is 24.2 Å². The summed E-state index contributed by atoms with van der Waals surface area (Å²) >= 11 is 1.13. The maximum atomic E-state index is 13.1. The second kappa shape index (κ2) is 6.41. The smallest absolute Gasteiger partial charge is 0.223 e. The largest absolute Gasteiger partial charge is 0.354 e. The van der Waals surface area contributed by atoms with E-state index in [1.807, 2.05) is 0 Å². The van der Waals surface area contributed by atoms with Crippen LogP contribution in [0.5, 0.6) is 0 Å². The van der Waals surface area contributed by atoms with E-state index >= 15 is 0 Å². The summed E-state index contributed by atoms with van der Waals surface area (Å²) in [4.78, 5) is 11.8. The number of amides is 1. The Morgan fingerprint density at radius 3 is 2.52 bits per heavy atom. The Hall–Kier alpha value is -1.73. The topological polar surface area (TPSA) is 63.2 Å². The maximum absolute atomic E-state index is 13.1. The molecule has 1 aromatic heterocycles. The molecule has 2 aromatic rings. The molecule has 1 amide bonds. The molecule has 1 aliphatic carbocycles. The van der Waals surface area contributed by atoms with Gasteiger partial charge in [-0.3, -0.25) is 4.79 Å². The molecule has 1 N–H and O–H groups in total. The van der Waals surface area contributed by atoms with Crippen LogP contribution in [-0.4, -0.2) is 20.9 Å². The first-order chi connectivity index (χ1) is 11.0. The van der Waals surface area contributed by atoms with Gasteiger partial charge in [0.15, 0.2) is 9.84 Å². The number of carbonyl (C=O) groups excluding carboxylic acids is 1. The quantitative estimate of drug-likeness (QED) is 0.868. The van der Waals surface area contributed by atoms with Crippen LogP contribution >= 0.6 is 11.3 Å². The van der Waals surface area contributed by atoms with E-state index in [9.17, 15) is 17.6 Å². The van der Waals surface area contributed by atoms with Crippen LogP contribution < -0.4 is 5.32 Å². The first kappa shape index (κ1) is 16.1. The summed E-state index contributed by atoms with van der Waals surface area (Å²) in [6.45, 7) is -0.0127. The molecule has 3 rings (SSSR count). The zero-order chi connectivity index (χ0) is 16.4. The summed E-state index contributed by atoms with van der Waals surface area (Å²) in [5.41, 5.74) is 0.468. The summed E-state index contributed by atoms with van der Waals surface area (Å²) in [7, 11) is -3.64. The lowest BCUT2D eigenvalue weighted by atomic mass is 10.1. The minimum atomic E-state index is -3.64. The van der Waals surface area contributed by atoms with Crippen LogP contribution in [0.15, 0.2) is 46.0 Å². The molecule has 0 spiro atoms. The van der Waals surface area contributed by atoms with Crippen molar-refractivity contribution in [3.05, 3.63) is 53.2 Å². The second-order valence-corrected chi connectivity index (χ2v) is 8.84. The number of carbonyl (C=O) groups is 1. The van der Waals surface area contributed by atoms with Crippen LogP contribution in [0.1, 0.15) is 23.7 Å². The Morgan fingerprint density at radius 2 is 1.96 bits per heavy atom. The predicted molar refractivity (Wildman–Crippen MR) is 86.4 cm³/mol. The van der Waals surface area contributed by atoms with Gasteiger partial charge in [0.05, 0.1) is 0 Å². The number of hydrogen-bond donors (Lipinski definition) is 1. The molecule has 1 atom stereocenters. The van der Waals surface area contributed by atoms with Crippen molar-refractivity contribution in [1.29, 1.82) is 0 Å². The number of hydrogen-bond acceptors (Lipinski definition) is 4. The van der Waals surface area contributed by atoms with Gasteiger partial charge in [0.2, 0.25) is 5.91 Å². The van der Waals surface area contributed by atoms with Crippen LogP contribution in [0, 0.1) is 11.7 Å². The molecule has 4 nitrogen and oxygen atoms in total. The zero-order valence-corrected chi connectivity index (χ0v) is 13.9. The van der Waals surface area contributed by atoms with Crippen LogP contribution in [0.4, 0.5) is 4.39 Å². The molecule has 1 heterocycles. The van der Waals surface area contributed by atoms with E-state index in [-0.39, 0.29) is 22.6 Å². The molecule has 0 saturated heterocycles. The molecule has 0 unspecified atom stereocenters. The van der Waals surface area contributed by atoms with Gasteiger partial charge < -0.3 is 5.32 Å². The van der Waals surface area contributed by atoms with Gasteiger partial charge in [-0.05, 0) is 42.0 Å². The van der Waals surface area contributed by atoms with Crippen molar-refractivity contribution >= 4 is 27.1 Å². The molecule has 23 heavy (non-hydrogen) atoms. The van der Waals surface area contributed by atoms with Crippen molar-refractivity contribution in [2.75, 3.05) is 6.54 Å². The fourth-order valence-electron chi connectivity index (χ4n) is 2.33. The van der Waals surface area contributed by atoms with Gasteiger partial charge in [-0.2, -0.15) is 0 Å². The minimum Gasteiger partial charge on any atom is -0.354 e. The molecule has 1 fully saturated rings. The number of thiophene rings is 1. The third kappa shape index (κ3) is 3.61. The molecule has 7 heteroatoms. The Balaban J connectivity index is 1.89. The third-order valence-electron chi connectivity index (χ3n) is 3.80. The first-order valence-electron chi connectivity index (χ1n) is 7.29. The summed E-state index contributed by atoms with van der Waals surface area (Å²) in [5, 5.41) is 3.48. The van der Waals surface area contributed by atoms with Crippen molar-refractivity contribution in [2.24, 2.45) is 5.92 Å². The standard InChI is InChI=1S/C16H16FNO3S2/c17-13-7-5-11(6-8-13)14(10-18-16(19)12-3-4-12)23(20,21)15-2-1-9-22-15/h1-2,5-9,12,14H,3-4,10H2,(H,18,19)/t14-/m1/s1. The average Bonchev–Trinajstić information content (AvgIpc) is 3.22. The van der Waals surface area contributed by atoms with E-state index in [2.05, 4.69) is 5.32 Å². The van der Waals surface area contributed by atoms with Gasteiger partial charge in [-0.15, -0.1) is 11.3 Å². The molecule has 1 aliphatic rings. The molecule has 0 aliphatic heterocycles. The summed E-state index contributed by atoms with van der Waals surface area (Å²) in [5.74, 6) is -0.533. The normalized spacial score (nSPS) is 16.0. The van der Waals surface area contributed by atoms with E-state index < -0.39 is 20.9 Å². The van der Waals surface area contributed by atoms with Gasteiger partial charge in [-0.1, -0.05) is 18.2 Å². The van der Waals surface area contributed by atoms with Gasteiger partial charge in [0, 0.05) is 12.5 Å². The third-order valence-corrected chi connectivity index (χ3v) is 7.33. The molecule has 1 saturated carbocycles. The van der Waals surface area contributed by atoms with Gasteiger partial charge in [0.25, 0.3) is 0 Å². The molecular weight excluding hydrogens is 337 g/mol. The van der Waals surface area contributed by atoms with E-state index in [0.29, 0.717) is 5.56 Å². The summed E-state index contributed by atoms with van der Waals surface area (Å²) < 4.78 is 39.1. The highest BCUT2D eigenvalue weighted by molar-refractivity contribution is 7.93. The van der Waals surface area contributed by atoms with E-state index in [4.69, 9.17) is 0 Å². The molecule has 1 aromatic carbocycles. The number of rotatable bonds is 6. The highest BCUT2D eigenvalue weighted by atomic mass is 32.2. The fourth-order valence-corrected chi connectivity index (χ4v) is 5.20. The summed E-state index contributed by atoms with van der Waals surface area (Å²) in [6.07, 6.45) is 1.70. The lowest BCUT2D eigenvalue weighted by Crippen LogP contribution is -2.32. The number of benzene rings is 1. The SMILES string of the molecule is O=C(NC[C@H](c1ccc(F)cc1)S(=O)(=O)c1cccs1)C1CC1. The molecular formula is C16H16FNO3S2. The molecule has 0 radical (unpaired) electrons. The number of sulfone groups is 1. The average molecular weight is 353 g/mol.